The molecule has 1 heterocycles. The summed E-state index contributed by atoms with van der Waals surface area (Å²) >= 11 is 0. The summed E-state index contributed by atoms with van der Waals surface area (Å²) in [5, 5.41) is 0. The number of hydrogen-bond acceptors (Lipinski definition) is 3. The number of benzene rings is 1. The van der Waals surface area contributed by atoms with Gasteiger partial charge in [0, 0.05) is 6.42 Å². The van der Waals surface area contributed by atoms with Crippen molar-refractivity contribution < 1.29 is 4.42 Å². The lowest BCUT2D eigenvalue weighted by molar-refractivity contribution is 0.517. The molecule has 1 aromatic carbocycles. The van der Waals surface area contributed by atoms with E-state index >= 15 is 0 Å². The first-order valence-electron chi connectivity index (χ1n) is 6.41. The Morgan fingerprint density at radius 2 is 2.10 bits per heavy atom. The van der Waals surface area contributed by atoms with Gasteiger partial charge in [-0.05, 0) is 24.6 Å². The minimum absolute atomic E-state index is 0.000878. The molecule has 1 aromatic heterocycles. The van der Waals surface area contributed by atoms with Crippen LogP contribution in [0, 0.1) is 0 Å². The van der Waals surface area contributed by atoms with Gasteiger partial charge in [-0.2, -0.15) is 4.99 Å². The average Bonchev–Trinajstić information content (AvgIpc) is 2.77. The molecule has 0 amide bonds. The second-order valence-electron chi connectivity index (χ2n) is 4.37. The van der Waals surface area contributed by atoms with E-state index in [0.29, 0.717) is 5.69 Å². The van der Waals surface area contributed by atoms with Gasteiger partial charge in [-0.3, -0.25) is 0 Å². The summed E-state index contributed by atoms with van der Waals surface area (Å²) in [7, 11) is 0. The number of aryl methyl sites for hydroxylation is 1. The van der Waals surface area contributed by atoms with E-state index in [0.717, 1.165) is 36.3 Å². The lowest BCUT2D eigenvalue weighted by atomic mass is 10.2. The topological polar surface area (TPSA) is 129 Å². The third kappa shape index (κ3) is 3.47. The Morgan fingerprint density at radius 1 is 1.30 bits per heavy atom. The largest absolute Gasteiger partial charge is 0.441 e. The molecule has 106 valence electrons. The molecule has 6 N–H and O–H groups in total. The summed E-state index contributed by atoms with van der Waals surface area (Å²) in [4.78, 5) is 12.2. The van der Waals surface area contributed by atoms with Gasteiger partial charge in [0.05, 0.1) is 5.69 Å². The SMILES string of the molecule is CCCCc1nc2cc(N=C(N)N=C(N)N)ccc2o1. The van der Waals surface area contributed by atoms with Crippen LogP contribution in [-0.2, 0) is 6.42 Å². The zero-order valence-electron chi connectivity index (χ0n) is 11.3. The smallest absolute Gasteiger partial charge is 0.223 e. The molecule has 0 spiro atoms. The molecule has 0 saturated heterocycles. The molecule has 2 aromatic rings. The van der Waals surface area contributed by atoms with Crippen molar-refractivity contribution in [3.63, 3.8) is 0 Å². The van der Waals surface area contributed by atoms with E-state index in [1.165, 1.54) is 0 Å². The molecule has 0 radical (unpaired) electrons. The van der Waals surface area contributed by atoms with Crippen LogP contribution in [0.4, 0.5) is 5.69 Å². The van der Waals surface area contributed by atoms with E-state index in [2.05, 4.69) is 21.9 Å². The molecule has 0 atom stereocenters. The number of nitrogens with zero attached hydrogens (tertiary/aromatic N) is 3. The van der Waals surface area contributed by atoms with Gasteiger partial charge in [0.1, 0.15) is 5.52 Å². The second-order valence-corrected chi connectivity index (χ2v) is 4.37. The third-order valence-electron chi connectivity index (χ3n) is 2.65. The van der Waals surface area contributed by atoms with Gasteiger partial charge in [-0.1, -0.05) is 13.3 Å². The van der Waals surface area contributed by atoms with Crippen molar-refractivity contribution in [2.24, 2.45) is 27.2 Å². The molecule has 20 heavy (non-hydrogen) atoms. The highest BCUT2D eigenvalue weighted by Crippen LogP contribution is 2.22. The first kappa shape index (κ1) is 13.9. The van der Waals surface area contributed by atoms with Crippen molar-refractivity contribution in [3.8, 4) is 0 Å². The number of nitrogens with two attached hydrogens (primary N) is 3. The molecular formula is C13H18N6O. The number of fused-ring (bicyclic) bond motifs is 1. The molecule has 0 saturated carbocycles. The van der Waals surface area contributed by atoms with Crippen LogP contribution in [0.1, 0.15) is 25.7 Å². The molecule has 0 unspecified atom stereocenters. The first-order chi connectivity index (χ1) is 9.58. The zero-order chi connectivity index (χ0) is 14.5. The molecule has 7 nitrogen and oxygen atoms in total. The maximum Gasteiger partial charge on any atom is 0.223 e. The number of rotatable bonds is 4. The Labute approximate surface area is 116 Å². The van der Waals surface area contributed by atoms with Crippen LogP contribution >= 0.6 is 0 Å². The lowest BCUT2D eigenvalue weighted by Crippen LogP contribution is -2.26. The van der Waals surface area contributed by atoms with Crippen molar-refractivity contribution in [2.75, 3.05) is 0 Å². The first-order valence-corrected chi connectivity index (χ1v) is 6.41. The molecule has 2 rings (SSSR count). The number of hydrogen-bond donors (Lipinski definition) is 3. The molecule has 7 heteroatoms. The fraction of sp³-hybridized carbons (Fsp3) is 0.308. The standard InChI is InChI=1S/C13H18N6O/c1-2-3-4-11-18-9-7-8(5-6-10(9)20-11)17-13(16)19-12(14)15/h5-7H,2-4H2,1H3,(H6,14,15,16,17,19). The van der Waals surface area contributed by atoms with Crippen LogP contribution in [-0.4, -0.2) is 16.9 Å². The molecule has 0 aliphatic rings. The maximum absolute atomic E-state index is 5.64. The molecule has 0 bridgehead atoms. The lowest BCUT2D eigenvalue weighted by Gasteiger charge is -1.95. The summed E-state index contributed by atoms with van der Waals surface area (Å²) in [5.74, 6) is 0.606. The van der Waals surface area contributed by atoms with Gasteiger partial charge in [0.25, 0.3) is 0 Å². The van der Waals surface area contributed by atoms with Crippen LogP contribution < -0.4 is 17.2 Å². The number of aliphatic imine (C=N–C) groups is 2. The van der Waals surface area contributed by atoms with Gasteiger partial charge in [0.2, 0.25) is 5.96 Å². The number of unbranched alkanes of at least 4 members (excludes halogenated alkanes) is 1. The van der Waals surface area contributed by atoms with Crippen molar-refractivity contribution in [1.82, 2.24) is 4.98 Å². The van der Waals surface area contributed by atoms with Gasteiger partial charge >= 0.3 is 0 Å². The van der Waals surface area contributed by atoms with E-state index in [1.807, 2.05) is 0 Å². The number of guanidine groups is 2. The van der Waals surface area contributed by atoms with Crippen molar-refractivity contribution in [3.05, 3.63) is 24.1 Å². The normalized spacial score (nSPS) is 11.8. The van der Waals surface area contributed by atoms with E-state index < -0.39 is 0 Å². The van der Waals surface area contributed by atoms with Crippen LogP contribution in [0.3, 0.4) is 0 Å². The highest BCUT2D eigenvalue weighted by Gasteiger charge is 2.06. The fourth-order valence-corrected chi connectivity index (χ4v) is 1.76. The molecular weight excluding hydrogens is 256 g/mol. The Bertz CT molecular complexity index is 654. The van der Waals surface area contributed by atoms with Gasteiger partial charge in [0.15, 0.2) is 17.4 Å². The Hall–Kier alpha value is -2.57. The van der Waals surface area contributed by atoms with Crippen LogP contribution in [0.2, 0.25) is 0 Å². The van der Waals surface area contributed by atoms with E-state index in [9.17, 15) is 0 Å². The van der Waals surface area contributed by atoms with E-state index in [1.54, 1.807) is 18.2 Å². The summed E-state index contributed by atoms with van der Waals surface area (Å²) in [6, 6.07) is 5.36. The summed E-state index contributed by atoms with van der Waals surface area (Å²) < 4.78 is 5.64. The second kappa shape index (κ2) is 6.05. The van der Waals surface area contributed by atoms with Crippen molar-refractivity contribution >= 4 is 28.7 Å². The Kier molecular flexibility index (Phi) is 4.19. The van der Waals surface area contributed by atoms with Gasteiger partial charge in [-0.15, -0.1) is 0 Å². The Morgan fingerprint density at radius 3 is 2.80 bits per heavy atom. The van der Waals surface area contributed by atoms with E-state index in [-0.39, 0.29) is 11.9 Å². The minimum atomic E-state index is -0.129. The quantitative estimate of drug-likeness (QED) is 0.573. The van der Waals surface area contributed by atoms with Crippen LogP contribution in [0.15, 0.2) is 32.6 Å². The predicted octanol–water partition coefficient (Wildman–Crippen LogP) is 1.39. The minimum Gasteiger partial charge on any atom is -0.441 e. The predicted molar refractivity (Wildman–Crippen MR) is 79.7 cm³/mol. The molecule has 0 fully saturated rings. The highest BCUT2D eigenvalue weighted by molar-refractivity contribution is 5.94. The number of aromatic nitrogens is 1. The van der Waals surface area contributed by atoms with Crippen molar-refractivity contribution in [1.29, 1.82) is 0 Å². The highest BCUT2D eigenvalue weighted by atomic mass is 16.3. The van der Waals surface area contributed by atoms with Gasteiger partial charge < -0.3 is 21.6 Å². The summed E-state index contributed by atoms with van der Waals surface area (Å²) in [5.41, 5.74) is 18.1. The monoisotopic (exact) mass is 274 g/mol. The summed E-state index contributed by atoms with van der Waals surface area (Å²) in [6.07, 6.45) is 2.98. The van der Waals surface area contributed by atoms with Crippen LogP contribution in [0.5, 0.6) is 0 Å². The van der Waals surface area contributed by atoms with Crippen LogP contribution in [0.25, 0.3) is 11.1 Å². The van der Waals surface area contributed by atoms with Gasteiger partial charge in [-0.25, -0.2) is 9.98 Å². The average molecular weight is 274 g/mol. The number of oxazole rings is 1. The fourth-order valence-electron chi connectivity index (χ4n) is 1.76. The van der Waals surface area contributed by atoms with E-state index in [4.69, 9.17) is 21.6 Å². The molecule has 0 aliphatic heterocycles. The zero-order valence-corrected chi connectivity index (χ0v) is 11.3. The Balaban J connectivity index is 2.27. The summed E-state index contributed by atoms with van der Waals surface area (Å²) in [6.45, 7) is 2.13. The molecule has 0 aliphatic carbocycles. The van der Waals surface area contributed by atoms with Crippen molar-refractivity contribution in [2.45, 2.75) is 26.2 Å². The third-order valence-corrected chi connectivity index (χ3v) is 2.65. The maximum atomic E-state index is 5.64.